The lowest BCUT2D eigenvalue weighted by Gasteiger charge is -2.26. The summed E-state index contributed by atoms with van der Waals surface area (Å²) in [5.74, 6) is 0.144. The van der Waals surface area contributed by atoms with Crippen LogP contribution >= 0.6 is 22.6 Å². The second-order valence-corrected chi connectivity index (χ2v) is 5.42. The van der Waals surface area contributed by atoms with Crippen molar-refractivity contribution in [1.82, 2.24) is 4.90 Å². The summed E-state index contributed by atoms with van der Waals surface area (Å²) < 4.78 is 0.755. The van der Waals surface area contributed by atoms with Gasteiger partial charge < -0.3 is 10.0 Å². The highest BCUT2D eigenvalue weighted by molar-refractivity contribution is 14.1. The van der Waals surface area contributed by atoms with Gasteiger partial charge in [-0.25, -0.2) is 0 Å². The predicted molar refractivity (Wildman–Crippen MR) is 77.3 cm³/mol. The van der Waals surface area contributed by atoms with Crippen molar-refractivity contribution in [3.8, 4) is 5.75 Å². The summed E-state index contributed by atoms with van der Waals surface area (Å²) in [5.41, 5.74) is 0.546. The van der Waals surface area contributed by atoms with Crippen LogP contribution in [0.2, 0.25) is 0 Å². The van der Waals surface area contributed by atoms with Gasteiger partial charge in [-0.3, -0.25) is 4.79 Å². The molecule has 0 unspecified atom stereocenters. The third-order valence-electron chi connectivity index (χ3n) is 2.54. The standard InChI is InChI=1S/C13H18INO2/c1-4-7-15(9(2)3)13(17)10-5-6-11(14)12(16)8-10/h5-6,8-9,16H,4,7H2,1-3H3. The Labute approximate surface area is 116 Å². The maximum absolute atomic E-state index is 12.3. The van der Waals surface area contributed by atoms with E-state index in [1.807, 2.05) is 48.3 Å². The number of halogens is 1. The van der Waals surface area contributed by atoms with Crippen LogP contribution in [0.4, 0.5) is 0 Å². The number of phenolic OH excluding ortho intramolecular Hbond substituents is 1. The first-order valence-corrected chi connectivity index (χ1v) is 6.84. The lowest BCUT2D eigenvalue weighted by molar-refractivity contribution is 0.0705. The highest BCUT2D eigenvalue weighted by Gasteiger charge is 2.18. The van der Waals surface area contributed by atoms with Gasteiger partial charge in [0.05, 0.1) is 3.57 Å². The topological polar surface area (TPSA) is 40.5 Å². The molecule has 0 atom stereocenters. The number of benzene rings is 1. The Morgan fingerprint density at radius 3 is 2.59 bits per heavy atom. The van der Waals surface area contributed by atoms with E-state index in [1.165, 1.54) is 6.07 Å². The van der Waals surface area contributed by atoms with Crippen LogP contribution in [-0.4, -0.2) is 28.5 Å². The number of carbonyl (C=O) groups excluding carboxylic acids is 1. The molecule has 0 radical (unpaired) electrons. The number of aromatic hydroxyl groups is 1. The fraction of sp³-hybridized carbons (Fsp3) is 0.462. The summed E-state index contributed by atoms with van der Waals surface area (Å²) in [4.78, 5) is 14.1. The lowest BCUT2D eigenvalue weighted by atomic mass is 10.1. The summed E-state index contributed by atoms with van der Waals surface area (Å²) in [7, 11) is 0. The molecule has 0 aliphatic rings. The van der Waals surface area contributed by atoms with Crippen molar-refractivity contribution in [2.75, 3.05) is 6.54 Å². The minimum atomic E-state index is -0.0199. The van der Waals surface area contributed by atoms with Gasteiger partial charge in [0, 0.05) is 18.2 Å². The molecule has 1 aromatic rings. The fourth-order valence-corrected chi connectivity index (χ4v) is 1.98. The maximum Gasteiger partial charge on any atom is 0.254 e. The Morgan fingerprint density at radius 1 is 1.47 bits per heavy atom. The maximum atomic E-state index is 12.3. The zero-order valence-electron chi connectivity index (χ0n) is 10.4. The van der Waals surface area contributed by atoms with Gasteiger partial charge in [0.1, 0.15) is 5.75 Å². The van der Waals surface area contributed by atoms with Crippen LogP contribution in [0.3, 0.4) is 0 Å². The van der Waals surface area contributed by atoms with Crippen LogP contribution in [0.1, 0.15) is 37.6 Å². The Kier molecular flexibility index (Phi) is 5.24. The van der Waals surface area contributed by atoms with Gasteiger partial charge in [0.25, 0.3) is 5.91 Å². The van der Waals surface area contributed by atoms with E-state index in [9.17, 15) is 9.90 Å². The summed E-state index contributed by atoms with van der Waals surface area (Å²) in [6.07, 6.45) is 0.931. The molecule has 1 aromatic carbocycles. The van der Waals surface area contributed by atoms with Gasteiger partial charge in [-0.15, -0.1) is 0 Å². The number of phenols is 1. The molecule has 0 heterocycles. The lowest BCUT2D eigenvalue weighted by Crippen LogP contribution is -2.37. The summed E-state index contributed by atoms with van der Waals surface area (Å²) in [6, 6.07) is 5.22. The second kappa shape index (κ2) is 6.23. The van der Waals surface area contributed by atoms with Crippen molar-refractivity contribution >= 4 is 28.5 Å². The van der Waals surface area contributed by atoms with E-state index < -0.39 is 0 Å². The third kappa shape index (κ3) is 3.59. The summed E-state index contributed by atoms with van der Waals surface area (Å²) >= 11 is 2.04. The normalized spacial score (nSPS) is 10.6. The number of rotatable bonds is 4. The van der Waals surface area contributed by atoms with E-state index in [4.69, 9.17) is 0 Å². The first-order chi connectivity index (χ1) is 7.97. The van der Waals surface area contributed by atoms with Crippen LogP contribution in [0.25, 0.3) is 0 Å². The first kappa shape index (κ1) is 14.3. The highest BCUT2D eigenvalue weighted by Crippen LogP contribution is 2.21. The van der Waals surface area contributed by atoms with E-state index in [2.05, 4.69) is 0 Å². The molecule has 3 nitrogen and oxygen atoms in total. The Balaban J connectivity index is 2.97. The molecule has 4 heteroatoms. The van der Waals surface area contributed by atoms with E-state index in [0.717, 1.165) is 16.5 Å². The average molecular weight is 347 g/mol. The third-order valence-corrected chi connectivity index (χ3v) is 3.45. The molecule has 0 bridgehead atoms. The molecule has 0 aliphatic heterocycles. The average Bonchev–Trinajstić information content (AvgIpc) is 2.28. The molecule has 17 heavy (non-hydrogen) atoms. The van der Waals surface area contributed by atoms with Crippen molar-refractivity contribution in [3.05, 3.63) is 27.3 Å². The Hall–Kier alpha value is -0.780. The number of nitrogens with zero attached hydrogens (tertiary/aromatic N) is 1. The predicted octanol–water partition coefficient (Wildman–Crippen LogP) is 3.26. The quantitative estimate of drug-likeness (QED) is 0.850. The van der Waals surface area contributed by atoms with E-state index >= 15 is 0 Å². The minimum Gasteiger partial charge on any atom is -0.507 e. The van der Waals surface area contributed by atoms with Gasteiger partial charge in [0.2, 0.25) is 0 Å². The molecule has 1 rings (SSSR count). The van der Waals surface area contributed by atoms with Crippen LogP contribution in [-0.2, 0) is 0 Å². The smallest absolute Gasteiger partial charge is 0.254 e. The molecule has 0 aromatic heterocycles. The molecular weight excluding hydrogens is 329 g/mol. The van der Waals surface area contributed by atoms with Gasteiger partial charge in [-0.1, -0.05) is 6.92 Å². The zero-order chi connectivity index (χ0) is 13.0. The number of hydrogen-bond acceptors (Lipinski definition) is 2. The van der Waals surface area contributed by atoms with Crippen LogP contribution in [0, 0.1) is 3.57 Å². The van der Waals surface area contributed by atoms with Crippen molar-refractivity contribution < 1.29 is 9.90 Å². The van der Waals surface area contributed by atoms with E-state index in [1.54, 1.807) is 12.1 Å². The molecule has 1 N–H and O–H groups in total. The van der Waals surface area contributed by atoms with Gasteiger partial charge in [0.15, 0.2) is 0 Å². The number of hydrogen-bond donors (Lipinski definition) is 1. The van der Waals surface area contributed by atoms with Crippen LogP contribution < -0.4 is 0 Å². The van der Waals surface area contributed by atoms with Gasteiger partial charge >= 0.3 is 0 Å². The molecular formula is C13H18INO2. The van der Waals surface area contributed by atoms with E-state index in [0.29, 0.717) is 5.56 Å². The molecule has 94 valence electrons. The summed E-state index contributed by atoms with van der Waals surface area (Å²) in [6.45, 7) is 6.79. The molecule has 0 aliphatic carbocycles. The summed E-state index contributed by atoms with van der Waals surface area (Å²) in [5, 5.41) is 9.62. The van der Waals surface area contributed by atoms with E-state index in [-0.39, 0.29) is 17.7 Å². The Morgan fingerprint density at radius 2 is 2.12 bits per heavy atom. The molecule has 1 amide bonds. The SMILES string of the molecule is CCCN(C(=O)c1ccc(I)c(O)c1)C(C)C. The molecule has 0 saturated carbocycles. The van der Waals surface area contributed by atoms with Crippen molar-refractivity contribution in [3.63, 3.8) is 0 Å². The highest BCUT2D eigenvalue weighted by atomic mass is 127. The van der Waals surface area contributed by atoms with Gasteiger partial charge in [-0.2, -0.15) is 0 Å². The van der Waals surface area contributed by atoms with Crippen molar-refractivity contribution in [1.29, 1.82) is 0 Å². The van der Waals surface area contributed by atoms with Crippen molar-refractivity contribution in [2.24, 2.45) is 0 Å². The Bertz CT molecular complexity index is 404. The van der Waals surface area contributed by atoms with Gasteiger partial charge in [-0.05, 0) is 61.1 Å². The zero-order valence-corrected chi connectivity index (χ0v) is 12.6. The number of carbonyl (C=O) groups is 1. The minimum absolute atomic E-state index is 0.0199. The van der Waals surface area contributed by atoms with Crippen molar-refractivity contribution in [2.45, 2.75) is 33.2 Å². The van der Waals surface area contributed by atoms with Crippen LogP contribution in [0.15, 0.2) is 18.2 Å². The fourth-order valence-electron chi connectivity index (χ4n) is 1.65. The molecule has 0 fully saturated rings. The first-order valence-electron chi connectivity index (χ1n) is 5.76. The molecule has 0 spiro atoms. The second-order valence-electron chi connectivity index (χ2n) is 4.26. The largest absolute Gasteiger partial charge is 0.507 e. The number of amides is 1. The monoisotopic (exact) mass is 347 g/mol. The van der Waals surface area contributed by atoms with Crippen LogP contribution in [0.5, 0.6) is 5.75 Å². The molecule has 0 saturated heterocycles.